The van der Waals surface area contributed by atoms with E-state index in [2.05, 4.69) is 19.9 Å². The van der Waals surface area contributed by atoms with Crippen molar-refractivity contribution in [2.24, 2.45) is 0 Å². The van der Waals surface area contributed by atoms with Crippen molar-refractivity contribution in [3.8, 4) is 55.8 Å². The van der Waals surface area contributed by atoms with Crippen LogP contribution in [0.4, 0.5) is 4.39 Å². The zero-order valence-corrected chi connectivity index (χ0v) is 41.9. The molecule has 0 fully saturated rings. The lowest BCUT2D eigenvalue weighted by Crippen LogP contribution is -2.52. The molecule has 0 aliphatic heterocycles. The molecule has 0 saturated carbocycles. The Balaban J connectivity index is 1.06. The van der Waals surface area contributed by atoms with E-state index in [-0.39, 0.29) is 55.5 Å². The van der Waals surface area contributed by atoms with E-state index in [0.29, 0.717) is 33.2 Å². The van der Waals surface area contributed by atoms with Crippen molar-refractivity contribution in [1.82, 2.24) is 24.9 Å². The molecule has 6 N–H and O–H groups in total. The minimum Gasteiger partial charge on any atom is -0.403 e. The first-order chi connectivity index (χ1) is 37.9. The summed E-state index contributed by atoms with van der Waals surface area (Å²) in [5.41, 5.74) is -3.03. The molecule has 0 saturated heterocycles. The van der Waals surface area contributed by atoms with Gasteiger partial charge in [-0.05, 0) is 117 Å². The van der Waals surface area contributed by atoms with Crippen molar-refractivity contribution in [1.29, 1.82) is 0 Å². The number of hydrogen-bond acceptors (Lipinski definition) is 15. The highest BCUT2D eigenvalue weighted by molar-refractivity contribution is 6.17. The number of nitrogens with zero attached hydrogens (tertiary/aromatic N) is 5. The highest BCUT2D eigenvalue weighted by Crippen LogP contribution is 2.46. The summed E-state index contributed by atoms with van der Waals surface area (Å²) in [5.74, 6) is -7.38. The Morgan fingerprint density at radius 3 is 1.41 bits per heavy atom. The van der Waals surface area contributed by atoms with Crippen LogP contribution in [-0.4, -0.2) is 71.3 Å². The fourth-order valence-corrected chi connectivity index (χ4v) is 10.1. The van der Waals surface area contributed by atoms with E-state index in [1.807, 2.05) is 91.0 Å². The van der Waals surface area contributed by atoms with E-state index in [0.717, 1.165) is 68.5 Å². The molecular formula is C61H42B2FN5O10. The van der Waals surface area contributed by atoms with E-state index >= 15 is 4.39 Å². The smallest absolute Gasteiger partial charge is 0.347 e. The summed E-state index contributed by atoms with van der Waals surface area (Å²) in [4.78, 5) is 48.6. The summed E-state index contributed by atoms with van der Waals surface area (Å²) in [7, 11) is 2.10. The van der Waals surface area contributed by atoms with Gasteiger partial charge in [0.15, 0.2) is 15.7 Å². The molecule has 0 aliphatic rings. The number of fused-ring (bicyclic) bond motifs is 6. The van der Waals surface area contributed by atoms with Crippen molar-refractivity contribution in [2.45, 2.75) is 22.6 Å². The van der Waals surface area contributed by atoms with Gasteiger partial charge in [-0.2, -0.15) is 0 Å². The summed E-state index contributed by atoms with van der Waals surface area (Å²) < 4.78 is 27.0. The molecule has 12 aromatic rings. The molecule has 0 spiro atoms. The van der Waals surface area contributed by atoms with Crippen LogP contribution in [0.5, 0.6) is 0 Å². The topological polar surface area (TPSA) is 246 Å². The predicted octanol–water partition coefficient (Wildman–Crippen LogP) is 6.89. The molecule has 2 atom stereocenters. The van der Waals surface area contributed by atoms with Crippen LogP contribution < -0.4 is 11.3 Å². The van der Waals surface area contributed by atoms with Crippen LogP contribution in [0.2, 0.25) is 0 Å². The van der Waals surface area contributed by atoms with Gasteiger partial charge >= 0.3 is 11.3 Å². The number of aliphatic hydroxyl groups is 6. The summed E-state index contributed by atoms with van der Waals surface area (Å²) in [6.07, 6.45) is 6.63. The Bertz CT molecular complexity index is 4350. The minimum atomic E-state index is -3.34. The van der Waals surface area contributed by atoms with Gasteiger partial charge in [-0.1, -0.05) is 97.1 Å². The number of aromatic nitrogens is 5. The van der Waals surface area contributed by atoms with Gasteiger partial charge in [0.25, 0.3) is 0 Å². The monoisotopic (exact) mass is 1050 g/mol. The van der Waals surface area contributed by atoms with E-state index in [4.69, 9.17) is 13.8 Å². The number of benzene rings is 5. The lowest BCUT2D eigenvalue weighted by atomic mass is 9.63. The SMILES string of the molecule is BC(O)(c1cc(-c2cc(F)ccc2-c2cnc(-c3ccccc3)cc2-c2ccc(-c3ccccc3)cc2)cc(C(B)(O)C(O)(O)c2cnc3c(c2)c(=O)oc2ncccc23)c1)C(O)(O)c1cnc2c(c1)c(=O)oc1ncccc12. The molecule has 15 nitrogen and oxygen atoms in total. The molecular weight excluding hydrogens is 1000 g/mol. The predicted molar refractivity (Wildman–Crippen MR) is 300 cm³/mol. The third-order valence-corrected chi connectivity index (χ3v) is 14.7. The highest BCUT2D eigenvalue weighted by atomic mass is 19.1. The Kier molecular flexibility index (Phi) is 12.1. The highest BCUT2D eigenvalue weighted by Gasteiger charge is 2.51. The summed E-state index contributed by atoms with van der Waals surface area (Å²) in [6, 6.07) is 45.7. The molecule has 18 heteroatoms. The third kappa shape index (κ3) is 8.56. The molecule has 0 bridgehead atoms. The Labute approximate surface area is 448 Å². The van der Waals surface area contributed by atoms with Gasteiger partial charge in [-0.25, -0.2) is 23.9 Å². The van der Waals surface area contributed by atoms with Gasteiger partial charge in [0.1, 0.15) is 16.8 Å². The van der Waals surface area contributed by atoms with Gasteiger partial charge in [0.2, 0.25) is 23.0 Å². The quantitative estimate of drug-likeness (QED) is 0.0439. The zero-order chi connectivity index (χ0) is 55.0. The van der Waals surface area contributed by atoms with Crippen molar-refractivity contribution >= 4 is 59.7 Å². The van der Waals surface area contributed by atoms with Gasteiger partial charge < -0.3 is 39.5 Å². The molecule has 0 radical (unpaired) electrons. The lowest BCUT2D eigenvalue weighted by molar-refractivity contribution is -0.260. The number of pyridine rings is 5. The first-order valence-electron chi connectivity index (χ1n) is 24.8. The van der Waals surface area contributed by atoms with Gasteiger partial charge in [-0.3, -0.25) is 15.0 Å². The van der Waals surface area contributed by atoms with Crippen LogP contribution in [0.15, 0.2) is 213 Å². The maximum Gasteiger partial charge on any atom is 0.347 e. The van der Waals surface area contributed by atoms with Crippen LogP contribution in [0.3, 0.4) is 0 Å². The van der Waals surface area contributed by atoms with E-state index in [1.54, 1.807) is 30.5 Å². The number of rotatable bonds is 11. The van der Waals surface area contributed by atoms with Crippen molar-refractivity contribution < 1.29 is 43.9 Å². The van der Waals surface area contributed by atoms with Gasteiger partial charge in [0.05, 0.1) is 38.3 Å². The summed E-state index contributed by atoms with van der Waals surface area (Å²) >= 11 is 0. The third-order valence-electron chi connectivity index (χ3n) is 14.7. The Morgan fingerprint density at radius 2 is 0.873 bits per heavy atom. The molecule has 7 aromatic heterocycles. The first kappa shape index (κ1) is 50.4. The lowest BCUT2D eigenvalue weighted by Gasteiger charge is -2.41. The Hall–Kier alpha value is -9.39. The number of hydrogen-bond donors (Lipinski definition) is 6. The minimum absolute atomic E-state index is 0.00629. The molecule has 5 aromatic carbocycles. The maximum atomic E-state index is 16.1. The zero-order valence-electron chi connectivity index (χ0n) is 41.9. The molecule has 2 unspecified atom stereocenters. The largest absolute Gasteiger partial charge is 0.403 e. The molecule has 79 heavy (non-hydrogen) atoms. The van der Waals surface area contributed by atoms with E-state index in [1.165, 1.54) is 42.7 Å². The number of halogens is 1. The van der Waals surface area contributed by atoms with E-state index in [9.17, 15) is 40.2 Å². The van der Waals surface area contributed by atoms with Crippen molar-refractivity contribution in [3.05, 3.63) is 244 Å². The van der Waals surface area contributed by atoms with Crippen LogP contribution in [0.1, 0.15) is 22.3 Å². The van der Waals surface area contributed by atoms with Crippen LogP contribution in [0, 0.1) is 5.82 Å². The fourth-order valence-electron chi connectivity index (χ4n) is 10.1. The molecule has 384 valence electrons. The normalized spacial score (nSPS) is 13.7. The van der Waals surface area contributed by atoms with E-state index < -0.39 is 50.8 Å². The summed E-state index contributed by atoms with van der Waals surface area (Å²) in [5, 5.41) is 75.2. The van der Waals surface area contributed by atoms with Crippen LogP contribution in [-0.2, 0) is 22.6 Å². The maximum absolute atomic E-state index is 16.1. The van der Waals surface area contributed by atoms with Crippen LogP contribution in [0.25, 0.3) is 99.8 Å². The van der Waals surface area contributed by atoms with Crippen molar-refractivity contribution in [2.75, 3.05) is 0 Å². The molecule has 0 amide bonds. The second-order valence-corrected chi connectivity index (χ2v) is 19.6. The first-order valence-corrected chi connectivity index (χ1v) is 24.8. The standard InChI is InChI=1S/C61H42B2FN5O10/c62-58(72,60(74,75)40-26-48-52(68-30-40)44-13-7-21-65-54(44)78-56(48)70)38-23-37(24-39(25-38)59(63,73)61(76,77)41-27-49-53(69-31-41)45-14-8-22-66-55(45)79-57(49)71)46-28-42(64)19-20-43(46)50-32-67-51(36-11-5-2-6-12-36)29-47(50)35-17-15-34(16-18-35)33-9-3-1-4-10-33/h1-32,72-77H,62-63H2. The Morgan fingerprint density at radius 1 is 0.392 bits per heavy atom. The van der Waals surface area contributed by atoms with Crippen molar-refractivity contribution in [3.63, 3.8) is 0 Å². The van der Waals surface area contributed by atoms with Crippen LogP contribution >= 0.6 is 0 Å². The average Bonchev–Trinajstić information content (AvgIpc) is 3.48. The second kappa shape index (κ2) is 19.0. The average molecular weight is 1050 g/mol. The summed E-state index contributed by atoms with van der Waals surface area (Å²) in [6.45, 7) is 0. The van der Waals surface area contributed by atoms with Gasteiger partial charge in [-0.15, -0.1) is 0 Å². The fraction of sp³-hybridized carbons (Fsp3) is 0.0656. The molecule has 7 heterocycles. The molecule has 12 rings (SSSR count). The second-order valence-electron chi connectivity index (χ2n) is 19.6. The van der Waals surface area contributed by atoms with Gasteiger partial charge in [0, 0.05) is 53.2 Å². The molecule has 0 aliphatic carbocycles.